The summed E-state index contributed by atoms with van der Waals surface area (Å²) in [5, 5.41) is 8.54. The van der Waals surface area contributed by atoms with Gasteiger partial charge in [0.2, 0.25) is 5.88 Å². The van der Waals surface area contributed by atoms with Crippen molar-refractivity contribution < 1.29 is 14.6 Å². The summed E-state index contributed by atoms with van der Waals surface area (Å²) in [7, 11) is 1.45. The van der Waals surface area contributed by atoms with Gasteiger partial charge in [-0.2, -0.15) is 0 Å². The number of methoxy groups -OCH3 is 1. The van der Waals surface area contributed by atoms with E-state index < -0.39 is 12.0 Å². The molecule has 70 valence electrons. The Morgan fingerprint density at radius 3 is 2.69 bits per heavy atom. The zero-order chi connectivity index (χ0) is 9.84. The van der Waals surface area contributed by atoms with E-state index >= 15 is 0 Å². The van der Waals surface area contributed by atoms with Crippen LogP contribution in [0, 0.1) is 0 Å². The summed E-state index contributed by atoms with van der Waals surface area (Å²) in [6, 6.07) is -1.14. The monoisotopic (exact) mass is 183 g/mol. The molecule has 0 radical (unpaired) electrons. The molecule has 13 heavy (non-hydrogen) atoms. The highest BCUT2D eigenvalue weighted by Gasteiger charge is 2.15. The van der Waals surface area contributed by atoms with Crippen molar-refractivity contribution in [2.24, 2.45) is 5.73 Å². The zero-order valence-corrected chi connectivity index (χ0v) is 6.97. The summed E-state index contributed by atoms with van der Waals surface area (Å²) in [6.07, 6.45) is 2.59. The predicted octanol–water partition coefficient (Wildman–Crippen LogP) is -0.430. The number of carboxylic acids is 1. The molecule has 1 aromatic rings. The van der Waals surface area contributed by atoms with Crippen LogP contribution in [0.3, 0.4) is 0 Å². The number of nitrogens with two attached hydrogens (primary N) is 1. The van der Waals surface area contributed by atoms with Crippen LogP contribution >= 0.6 is 0 Å². The van der Waals surface area contributed by atoms with Gasteiger partial charge in [0.1, 0.15) is 6.04 Å². The molecule has 1 rings (SSSR count). The van der Waals surface area contributed by atoms with E-state index in [2.05, 4.69) is 9.97 Å². The summed E-state index contributed by atoms with van der Waals surface area (Å²) in [6.45, 7) is 0. The van der Waals surface area contributed by atoms with Crippen LogP contribution in [0.25, 0.3) is 0 Å². The van der Waals surface area contributed by atoms with Gasteiger partial charge < -0.3 is 15.6 Å². The smallest absolute Gasteiger partial charge is 0.326 e. The maximum absolute atomic E-state index is 10.4. The van der Waals surface area contributed by atoms with E-state index in [-0.39, 0.29) is 5.69 Å². The van der Waals surface area contributed by atoms with Crippen molar-refractivity contribution in [3.8, 4) is 5.88 Å². The molecule has 0 aliphatic rings. The minimum Gasteiger partial charge on any atom is -0.480 e. The van der Waals surface area contributed by atoms with Gasteiger partial charge in [-0.3, -0.25) is 9.78 Å². The van der Waals surface area contributed by atoms with Crippen LogP contribution in [0.5, 0.6) is 5.88 Å². The number of aromatic nitrogens is 2. The third kappa shape index (κ3) is 2.12. The van der Waals surface area contributed by atoms with E-state index in [1.54, 1.807) is 0 Å². The van der Waals surface area contributed by atoms with Crippen molar-refractivity contribution >= 4 is 5.97 Å². The normalized spacial score (nSPS) is 12.2. The lowest BCUT2D eigenvalue weighted by Crippen LogP contribution is -2.21. The standard InChI is InChI=1S/C7H9N3O3/c1-13-5-3-9-4(2-10-5)6(8)7(11)12/h2-3,6H,8H2,1H3,(H,11,12). The fraction of sp³-hybridized carbons (Fsp3) is 0.286. The molecule has 1 aromatic heterocycles. The SMILES string of the molecule is COc1cnc(C(N)C(=O)O)cn1. The molecule has 6 heteroatoms. The van der Waals surface area contributed by atoms with Gasteiger partial charge >= 0.3 is 5.97 Å². The first-order valence-electron chi connectivity index (χ1n) is 3.49. The second kappa shape index (κ2) is 3.81. The van der Waals surface area contributed by atoms with Crippen LogP contribution in [0.2, 0.25) is 0 Å². The molecule has 0 bridgehead atoms. The Morgan fingerprint density at radius 1 is 1.62 bits per heavy atom. The number of nitrogens with zero attached hydrogens (tertiary/aromatic N) is 2. The van der Waals surface area contributed by atoms with Crippen LogP contribution in [0.4, 0.5) is 0 Å². The lowest BCUT2D eigenvalue weighted by molar-refractivity contribution is -0.138. The van der Waals surface area contributed by atoms with Crippen molar-refractivity contribution in [3.05, 3.63) is 18.1 Å². The lowest BCUT2D eigenvalue weighted by Gasteiger charge is -2.04. The maximum atomic E-state index is 10.4. The highest BCUT2D eigenvalue weighted by Crippen LogP contribution is 2.08. The molecule has 0 fully saturated rings. The second-order valence-corrected chi connectivity index (χ2v) is 2.30. The first kappa shape index (κ1) is 9.40. The molecule has 0 spiro atoms. The minimum absolute atomic E-state index is 0.202. The fourth-order valence-corrected chi connectivity index (χ4v) is 0.719. The fourth-order valence-electron chi connectivity index (χ4n) is 0.719. The van der Waals surface area contributed by atoms with E-state index in [9.17, 15) is 4.79 Å². The summed E-state index contributed by atoms with van der Waals surface area (Å²) in [5.74, 6) is -0.819. The van der Waals surface area contributed by atoms with Gasteiger partial charge in [0.15, 0.2) is 0 Å². The van der Waals surface area contributed by atoms with Crippen LogP contribution < -0.4 is 10.5 Å². The summed E-state index contributed by atoms with van der Waals surface area (Å²) in [4.78, 5) is 18.0. The summed E-state index contributed by atoms with van der Waals surface area (Å²) < 4.78 is 4.75. The Kier molecular flexibility index (Phi) is 2.76. The number of carbonyl (C=O) groups is 1. The topological polar surface area (TPSA) is 98.3 Å². The molecule has 0 aliphatic heterocycles. The van der Waals surface area contributed by atoms with E-state index in [4.69, 9.17) is 15.6 Å². The first-order valence-corrected chi connectivity index (χ1v) is 3.49. The van der Waals surface area contributed by atoms with Gasteiger partial charge in [-0.1, -0.05) is 0 Å². The minimum atomic E-state index is -1.14. The van der Waals surface area contributed by atoms with Crippen LogP contribution in [0.1, 0.15) is 11.7 Å². The molecule has 0 saturated heterocycles. The number of hydrogen-bond donors (Lipinski definition) is 2. The highest BCUT2D eigenvalue weighted by atomic mass is 16.5. The number of carboxylic acid groups (broad SMARTS) is 1. The molecule has 0 amide bonds. The molecular formula is C7H9N3O3. The maximum Gasteiger partial charge on any atom is 0.326 e. The third-order valence-corrected chi connectivity index (χ3v) is 1.44. The largest absolute Gasteiger partial charge is 0.480 e. The van der Waals surface area contributed by atoms with Crippen molar-refractivity contribution in [2.45, 2.75) is 6.04 Å². The van der Waals surface area contributed by atoms with Gasteiger partial charge in [-0.15, -0.1) is 0 Å². The Bertz CT molecular complexity index is 298. The van der Waals surface area contributed by atoms with Gasteiger partial charge in [-0.25, -0.2) is 4.98 Å². The second-order valence-electron chi connectivity index (χ2n) is 2.30. The number of aliphatic carboxylic acids is 1. The summed E-state index contributed by atoms with van der Waals surface area (Å²) in [5.41, 5.74) is 5.49. The van der Waals surface area contributed by atoms with Crippen LogP contribution in [-0.2, 0) is 4.79 Å². The Morgan fingerprint density at radius 2 is 2.31 bits per heavy atom. The average molecular weight is 183 g/mol. The zero-order valence-electron chi connectivity index (χ0n) is 6.97. The molecular weight excluding hydrogens is 174 g/mol. The van der Waals surface area contributed by atoms with Gasteiger partial charge in [0.05, 0.1) is 25.2 Å². The quantitative estimate of drug-likeness (QED) is 0.659. The van der Waals surface area contributed by atoms with Crippen molar-refractivity contribution in [2.75, 3.05) is 7.11 Å². The number of ether oxygens (including phenoxy) is 1. The molecule has 0 aliphatic carbocycles. The van der Waals surface area contributed by atoms with Gasteiger partial charge in [0, 0.05) is 0 Å². The van der Waals surface area contributed by atoms with Gasteiger partial charge in [0.25, 0.3) is 0 Å². The number of hydrogen-bond acceptors (Lipinski definition) is 5. The third-order valence-electron chi connectivity index (χ3n) is 1.44. The average Bonchev–Trinajstić information content (AvgIpc) is 2.17. The van der Waals surface area contributed by atoms with E-state index in [0.717, 1.165) is 0 Å². The number of rotatable bonds is 3. The Labute approximate surface area is 74.4 Å². The van der Waals surface area contributed by atoms with E-state index in [0.29, 0.717) is 5.88 Å². The predicted molar refractivity (Wildman–Crippen MR) is 43.1 cm³/mol. The highest BCUT2D eigenvalue weighted by molar-refractivity contribution is 5.74. The molecule has 6 nitrogen and oxygen atoms in total. The Balaban J connectivity index is 2.85. The first-order chi connectivity index (χ1) is 6.15. The van der Waals surface area contributed by atoms with Crippen LogP contribution in [0.15, 0.2) is 12.4 Å². The van der Waals surface area contributed by atoms with Crippen molar-refractivity contribution in [1.82, 2.24) is 9.97 Å². The van der Waals surface area contributed by atoms with Crippen LogP contribution in [-0.4, -0.2) is 28.2 Å². The van der Waals surface area contributed by atoms with Gasteiger partial charge in [-0.05, 0) is 0 Å². The van der Waals surface area contributed by atoms with Crippen molar-refractivity contribution in [3.63, 3.8) is 0 Å². The molecule has 1 atom stereocenters. The molecule has 0 saturated carbocycles. The lowest BCUT2D eigenvalue weighted by atomic mass is 10.2. The van der Waals surface area contributed by atoms with E-state index in [1.165, 1.54) is 19.5 Å². The molecule has 3 N–H and O–H groups in total. The Hall–Kier alpha value is -1.69. The molecule has 1 heterocycles. The van der Waals surface area contributed by atoms with Crippen molar-refractivity contribution in [1.29, 1.82) is 0 Å². The summed E-state index contributed by atoms with van der Waals surface area (Å²) >= 11 is 0. The molecule has 1 unspecified atom stereocenters. The van der Waals surface area contributed by atoms with E-state index in [1.807, 2.05) is 0 Å². The molecule has 0 aromatic carbocycles.